The number of alkyl halides is 1. The fraction of sp³-hybridized carbons (Fsp3) is 0.650. The normalized spacial score (nSPS) is 13.3. The fourth-order valence-electron chi connectivity index (χ4n) is 18.5. The molecule has 148 heavy (non-hydrogen) atoms. The van der Waals surface area contributed by atoms with Gasteiger partial charge in [0.15, 0.2) is 0 Å². The van der Waals surface area contributed by atoms with Crippen LogP contribution in [-0.4, -0.2) is 95.3 Å². The van der Waals surface area contributed by atoms with Gasteiger partial charge >= 0.3 is 0 Å². The lowest BCUT2D eigenvalue weighted by atomic mass is 9.49. The van der Waals surface area contributed by atoms with Crippen LogP contribution < -0.4 is 34.7 Å². The smallest absolute Gasteiger partial charge is 0.272 e. The highest BCUT2D eigenvalue weighted by Gasteiger charge is 2.61. The molecule has 1 N–H and O–H groups in total. The zero-order valence-corrected chi connectivity index (χ0v) is 109. The van der Waals surface area contributed by atoms with Crippen molar-refractivity contribution >= 4 is 61.4 Å². The molecule has 3 saturated heterocycles. The highest BCUT2D eigenvalue weighted by Crippen LogP contribution is 2.59. The number of hydrogen-bond acceptors (Lipinski definition) is 9. The third kappa shape index (κ3) is 61.8. The van der Waals surface area contributed by atoms with Crippen LogP contribution in [0, 0.1) is 39.2 Å². The molecule has 10 nitrogen and oxygen atoms in total. The third-order valence-corrected chi connectivity index (χ3v) is 24.5. The molecule has 5 atom stereocenters. The number of aryl methyl sites for hydroxylation is 10. The minimum atomic E-state index is -0.348. The van der Waals surface area contributed by atoms with Gasteiger partial charge in [0.25, 0.3) is 5.69 Å². The minimum Gasteiger partial charge on any atom is -0.385 e. The summed E-state index contributed by atoms with van der Waals surface area (Å²) in [6.45, 7) is 123. The number of piperidine rings is 3. The number of nitro groups is 1. The molecule has 11 rings (SSSR count). The molecule has 0 aromatic heterocycles. The Morgan fingerprint density at radius 3 is 0.872 bits per heavy atom. The van der Waals surface area contributed by atoms with Crippen molar-refractivity contribution in [2.24, 2.45) is 29.1 Å². The van der Waals surface area contributed by atoms with Gasteiger partial charge in [0.1, 0.15) is 0 Å². The number of halogens is 1. The number of hydrogen-bond donors (Lipinski definition) is 1. The highest BCUT2D eigenvalue weighted by molar-refractivity contribution is 9.09. The van der Waals surface area contributed by atoms with E-state index in [-0.39, 0.29) is 25.5 Å². The van der Waals surface area contributed by atoms with Gasteiger partial charge in [0.05, 0.1) is 4.92 Å². The summed E-state index contributed by atoms with van der Waals surface area (Å²) in [6.07, 6.45) is 17.6. The zero-order chi connectivity index (χ0) is 115. The Bertz CT molecular complexity index is 3920. The summed E-state index contributed by atoms with van der Waals surface area (Å²) in [5.74, 6) is 2.58. The monoisotopic (exact) mass is 2130 g/mol. The topological polar surface area (TPSA) is 74.6 Å². The van der Waals surface area contributed by atoms with E-state index in [0.717, 1.165) is 127 Å². The first-order valence-corrected chi connectivity index (χ1v) is 62.4. The van der Waals surface area contributed by atoms with E-state index in [1.54, 1.807) is 17.8 Å². The second-order valence-electron chi connectivity index (χ2n) is 30.6. The van der Waals surface area contributed by atoms with E-state index < -0.39 is 0 Å². The van der Waals surface area contributed by atoms with Gasteiger partial charge in [-0.2, -0.15) is 0 Å². The fourth-order valence-corrected chi connectivity index (χ4v) is 18.5. The van der Waals surface area contributed by atoms with E-state index in [1.165, 1.54) is 155 Å². The summed E-state index contributed by atoms with van der Waals surface area (Å²) in [6, 6.07) is 65.7. The van der Waals surface area contributed by atoms with E-state index in [1.807, 2.05) is 262 Å². The summed E-state index contributed by atoms with van der Waals surface area (Å²) in [7, 11) is 0. The van der Waals surface area contributed by atoms with Crippen LogP contribution >= 0.6 is 15.9 Å². The first-order valence-electron chi connectivity index (χ1n) is 61.2. The van der Waals surface area contributed by atoms with Crippen LogP contribution in [0.2, 0.25) is 0 Å². The Labute approximate surface area is 939 Å². The summed E-state index contributed by atoms with van der Waals surface area (Å²) >= 11 is 3.25. The molecule has 866 valence electrons. The summed E-state index contributed by atoms with van der Waals surface area (Å²) in [5.41, 5.74) is 24.9. The van der Waals surface area contributed by atoms with Crippen LogP contribution in [0.5, 0.6) is 0 Å². The lowest BCUT2D eigenvalue weighted by Crippen LogP contribution is -2.71. The van der Waals surface area contributed by atoms with Gasteiger partial charge in [-0.3, -0.25) is 10.1 Å². The van der Waals surface area contributed by atoms with Gasteiger partial charge < -0.3 is 34.7 Å². The minimum absolute atomic E-state index is 0. The summed E-state index contributed by atoms with van der Waals surface area (Å²) in [4.78, 5) is 26.4. The molecule has 8 aromatic carbocycles. The van der Waals surface area contributed by atoms with Gasteiger partial charge in [-0.1, -0.05) is 536 Å². The van der Waals surface area contributed by atoms with Crippen LogP contribution in [-0.2, 0) is 64.2 Å². The largest absolute Gasteiger partial charge is 0.385 e. The van der Waals surface area contributed by atoms with Crippen LogP contribution in [0.4, 0.5) is 45.5 Å². The number of nitrogens with one attached hydrogen (secondary N) is 1. The Balaban J connectivity index is -0.000000129. The first-order chi connectivity index (χ1) is 71.6. The van der Waals surface area contributed by atoms with Crippen LogP contribution in [0.25, 0.3) is 0 Å². The number of para-hydroxylation sites is 8. The number of rotatable bonds is 33. The van der Waals surface area contributed by atoms with Crippen molar-refractivity contribution in [2.75, 3.05) is 125 Å². The second kappa shape index (κ2) is 124. The Morgan fingerprint density at radius 1 is 0.297 bits per heavy atom. The molecular formula is C137H259BrN8O2. The van der Waals surface area contributed by atoms with Crippen molar-refractivity contribution in [3.63, 3.8) is 0 Å². The van der Waals surface area contributed by atoms with Crippen molar-refractivity contribution in [1.29, 1.82) is 0 Å². The molecular weight excluding hydrogens is 1870 g/mol. The molecule has 0 bridgehead atoms. The molecule has 0 aliphatic carbocycles. The Morgan fingerprint density at radius 2 is 0.554 bits per heavy atom. The number of nitro benzene ring substituents is 1. The van der Waals surface area contributed by atoms with Gasteiger partial charge in [-0.05, 0) is 200 Å². The third-order valence-electron chi connectivity index (χ3n) is 23.7. The molecule has 1 spiro atoms. The molecule has 11 heteroatoms. The van der Waals surface area contributed by atoms with Gasteiger partial charge in [0.2, 0.25) is 0 Å². The Kier molecular flexibility index (Phi) is 143. The van der Waals surface area contributed by atoms with Crippen molar-refractivity contribution in [3.05, 3.63) is 248 Å². The molecule has 3 unspecified atom stereocenters. The predicted octanol–water partition coefficient (Wildman–Crippen LogP) is 44.4. The summed E-state index contributed by atoms with van der Waals surface area (Å²) < 4.78 is 0. The molecule has 8 aromatic rings. The van der Waals surface area contributed by atoms with Gasteiger partial charge in [0, 0.05) is 154 Å². The standard InChI is InChI=1S/C39H53N3.C38H57N3.C11H17N.C8H9NO2.C3H7Br.18C2H6.2CH4/c1-7-30-16-11-13-20-36(30)40-22-28(5)39-29(6)23-42(38-32(9-3)18-15-19-33(38)10-4)27-35(39)26-41(25-34(39)24-40)37-21-14-12-17-31(37)8-2;1-7-26-39(36-24-15-13-20-32(36)9-3)28-18-29-40(37-25-16-14-21-33(37)10-4)30-19-31-41(27-8-2)38-34(11-5)22-17-23-35(38)12-6;1-3-9-12-11-8-6-5-7-10(11)4-2;1-2-7-5-3-4-6-8(7)9(10)11;1-2-3-4;18*1-2;;/h11-21,28-29,34-35H,7-10,22-27H2,1-6H3;13-17,20-25H,7-12,18-19,26-31H2,1-6H3;5-8,12H,3-4,9H2,1-2H3;3-6H,2H2,1H3;2-3H2,1H3;18*1-2H3;2*1H4/t28?,29-,34?,35+,39?;;;;;;;;;;;;;;;;;;;;;;;;/m0......................../s1. The molecule has 0 saturated carbocycles. The highest BCUT2D eigenvalue weighted by atomic mass is 79.9. The number of benzene rings is 8. The van der Waals surface area contributed by atoms with Crippen molar-refractivity contribution in [2.45, 2.75) is 478 Å². The number of nitrogens with zero attached hydrogens (tertiary/aromatic N) is 7. The maximum absolute atomic E-state index is 10.4. The van der Waals surface area contributed by atoms with Crippen LogP contribution in [0.3, 0.4) is 0 Å². The molecule has 3 aliphatic rings. The average Bonchev–Trinajstić information content (AvgIpc) is 0.703. The SMILES string of the molecule is C.C.CC.CC.CC.CC.CC.CC.CC.CC.CC.CC.CC.CC.CC.CC.CC.CC.CC.CC.CCCBr.CCCN(CCCN(CCCN(CCC)c1c(CC)cccc1CC)c1ccccc1CC)c1ccccc1CC.CCCNc1ccccc1CC.CCc1ccccc1N1CC(C)C23C(C1)CN(c1ccccc1CC)C[C@@H]2CN(c1c(CC)cccc1CC)C[C@@H]3C.CCc1ccccc1[N+](=O)[O-]. The molecule has 0 amide bonds. The van der Waals surface area contributed by atoms with Gasteiger partial charge in [-0.25, -0.2) is 0 Å². The molecule has 0 radical (unpaired) electrons. The van der Waals surface area contributed by atoms with E-state index in [9.17, 15) is 10.1 Å². The van der Waals surface area contributed by atoms with E-state index in [4.69, 9.17) is 0 Å². The maximum atomic E-state index is 10.4. The van der Waals surface area contributed by atoms with E-state index in [2.05, 4.69) is 312 Å². The quantitative estimate of drug-likeness (QED) is 0.0246. The summed E-state index contributed by atoms with van der Waals surface area (Å²) in [5, 5.41) is 14.9. The molecule has 3 heterocycles. The molecule has 3 fully saturated rings. The zero-order valence-electron chi connectivity index (χ0n) is 107. The molecule has 3 aliphatic heterocycles. The number of anilines is 7. The van der Waals surface area contributed by atoms with Crippen LogP contribution in [0.1, 0.15) is 469 Å². The second-order valence-corrected chi connectivity index (χ2v) is 31.4. The Hall–Kier alpha value is -7.76. The van der Waals surface area contributed by atoms with Crippen molar-refractivity contribution in [3.8, 4) is 0 Å². The van der Waals surface area contributed by atoms with E-state index >= 15 is 0 Å². The van der Waals surface area contributed by atoms with E-state index in [0.29, 0.717) is 35.5 Å². The van der Waals surface area contributed by atoms with Crippen LogP contribution in [0.15, 0.2) is 182 Å². The lowest BCUT2D eigenvalue weighted by molar-refractivity contribution is -0.385. The first kappa shape index (κ1) is 171. The van der Waals surface area contributed by atoms with Crippen molar-refractivity contribution < 1.29 is 4.92 Å². The predicted molar refractivity (Wildman–Crippen MR) is 703 cm³/mol. The maximum Gasteiger partial charge on any atom is 0.272 e. The van der Waals surface area contributed by atoms with Crippen molar-refractivity contribution in [1.82, 2.24) is 0 Å². The van der Waals surface area contributed by atoms with Gasteiger partial charge in [-0.15, -0.1) is 0 Å². The average molecular weight is 2130 g/mol. The lowest BCUT2D eigenvalue weighted by Gasteiger charge is -2.66.